The maximum atomic E-state index is 6.27. The molecule has 2 aliphatic heterocycles. The normalized spacial score (nSPS) is 21.6. The van der Waals surface area contributed by atoms with Crippen molar-refractivity contribution in [3.8, 4) is 0 Å². The first-order chi connectivity index (χ1) is 11.7. The first-order valence-electron chi connectivity index (χ1n) is 9.15. The highest BCUT2D eigenvalue weighted by Gasteiger charge is 2.24. The number of halogens is 1. The number of nitrogens with zero attached hydrogens (tertiary/aromatic N) is 3. The number of guanidine groups is 1. The average Bonchev–Trinajstić information content (AvgIpc) is 2.65. The molecule has 1 atom stereocenters. The molecule has 2 fully saturated rings. The highest BCUT2D eigenvalue weighted by atomic mass is 127. The summed E-state index contributed by atoms with van der Waals surface area (Å²) in [5.41, 5.74) is 7.63. The third kappa shape index (κ3) is 6.03. The third-order valence-electron chi connectivity index (χ3n) is 5.20. The van der Waals surface area contributed by atoms with Gasteiger partial charge in [-0.3, -0.25) is 9.89 Å². The van der Waals surface area contributed by atoms with E-state index in [1.807, 2.05) is 11.8 Å². The molecule has 2 aliphatic rings. The van der Waals surface area contributed by atoms with Gasteiger partial charge in [0.15, 0.2) is 5.96 Å². The molecule has 4 nitrogen and oxygen atoms in total. The van der Waals surface area contributed by atoms with Crippen LogP contribution in [0, 0.1) is 5.92 Å². The fourth-order valence-corrected chi connectivity index (χ4v) is 4.42. The van der Waals surface area contributed by atoms with Gasteiger partial charge in [0.2, 0.25) is 0 Å². The number of rotatable bonds is 4. The number of piperidine rings is 1. The Labute approximate surface area is 173 Å². The molecule has 1 unspecified atom stereocenters. The zero-order valence-electron chi connectivity index (χ0n) is 15.1. The molecule has 25 heavy (non-hydrogen) atoms. The van der Waals surface area contributed by atoms with E-state index in [-0.39, 0.29) is 24.0 Å². The first-order valence-corrected chi connectivity index (χ1v) is 10.3. The molecule has 1 aromatic rings. The molecule has 0 spiro atoms. The third-order valence-corrected chi connectivity index (χ3v) is 6.15. The number of aliphatic imine (C=N–C) groups is 1. The monoisotopic (exact) mass is 474 g/mol. The van der Waals surface area contributed by atoms with E-state index < -0.39 is 0 Å². The number of likely N-dealkylation sites (tertiary alicyclic amines) is 1. The second-order valence-electron chi connectivity index (χ2n) is 6.94. The van der Waals surface area contributed by atoms with Crippen molar-refractivity contribution in [3.63, 3.8) is 0 Å². The van der Waals surface area contributed by atoms with Crippen molar-refractivity contribution < 1.29 is 0 Å². The number of thioether (sulfide) groups is 1. The molecule has 2 N–H and O–H groups in total. The van der Waals surface area contributed by atoms with Gasteiger partial charge in [0.1, 0.15) is 0 Å². The standard InChI is InChI=1S/C19H30N4S.HI/c1-16-7-9-22(10-8-16)18(17-5-3-2-4-6-17)15-21-19(20)23-11-13-24-14-12-23;/h2-6,16,18H,7-15H2,1H3,(H2,20,21);1H. The maximum absolute atomic E-state index is 6.27. The number of hydrogen-bond acceptors (Lipinski definition) is 3. The predicted molar refractivity (Wildman–Crippen MR) is 120 cm³/mol. The summed E-state index contributed by atoms with van der Waals surface area (Å²) in [6.45, 7) is 7.49. The van der Waals surface area contributed by atoms with E-state index in [1.54, 1.807) is 0 Å². The minimum atomic E-state index is 0. The van der Waals surface area contributed by atoms with Gasteiger partial charge in [0, 0.05) is 24.6 Å². The molecule has 2 heterocycles. The molecule has 0 radical (unpaired) electrons. The minimum Gasteiger partial charge on any atom is -0.370 e. The molecular weight excluding hydrogens is 443 g/mol. The van der Waals surface area contributed by atoms with Crippen molar-refractivity contribution in [2.24, 2.45) is 16.6 Å². The molecule has 6 heteroatoms. The van der Waals surface area contributed by atoms with Gasteiger partial charge in [0.05, 0.1) is 12.6 Å². The van der Waals surface area contributed by atoms with Crippen LogP contribution >= 0.6 is 35.7 Å². The summed E-state index contributed by atoms with van der Waals surface area (Å²) in [5.74, 6) is 3.88. The van der Waals surface area contributed by atoms with Gasteiger partial charge in [0.25, 0.3) is 0 Å². The van der Waals surface area contributed by atoms with E-state index in [4.69, 9.17) is 10.7 Å². The van der Waals surface area contributed by atoms with Crippen LogP contribution in [0.5, 0.6) is 0 Å². The minimum absolute atomic E-state index is 0. The molecule has 0 aromatic heterocycles. The molecule has 0 bridgehead atoms. The lowest BCUT2D eigenvalue weighted by atomic mass is 9.96. The van der Waals surface area contributed by atoms with Gasteiger partial charge < -0.3 is 10.6 Å². The summed E-state index contributed by atoms with van der Waals surface area (Å²) in [6.07, 6.45) is 2.57. The van der Waals surface area contributed by atoms with Gasteiger partial charge in [-0.05, 0) is 37.4 Å². The zero-order valence-corrected chi connectivity index (χ0v) is 18.3. The van der Waals surface area contributed by atoms with E-state index in [2.05, 4.69) is 47.1 Å². The van der Waals surface area contributed by atoms with E-state index in [1.165, 1.54) is 18.4 Å². The highest BCUT2D eigenvalue weighted by molar-refractivity contribution is 14.0. The molecule has 140 valence electrons. The summed E-state index contributed by atoms with van der Waals surface area (Å²) >= 11 is 2.00. The van der Waals surface area contributed by atoms with Crippen molar-refractivity contribution in [1.29, 1.82) is 0 Å². The fraction of sp³-hybridized carbons (Fsp3) is 0.632. The van der Waals surface area contributed by atoms with E-state index in [0.717, 1.165) is 56.1 Å². The largest absolute Gasteiger partial charge is 0.370 e. The molecule has 0 saturated carbocycles. The maximum Gasteiger partial charge on any atom is 0.191 e. The van der Waals surface area contributed by atoms with Crippen LogP contribution in [0.25, 0.3) is 0 Å². The second-order valence-corrected chi connectivity index (χ2v) is 8.17. The van der Waals surface area contributed by atoms with Crippen LogP contribution in [-0.2, 0) is 0 Å². The topological polar surface area (TPSA) is 44.9 Å². The predicted octanol–water partition coefficient (Wildman–Crippen LogP) is 3.44. The van der Waals surface area contributed by atoms with Crippen molar-refractivity contribution in [2.45, 2.75) is 25.8 Å². The van der Waals surface area contributed by atoms with E-state index in [0.29, 0.717) is 6.04 Å². The van der Waals surface area contributed by atoms with Crippen LogP contribution in [0.4, 0.5) is 0 Å². The van der Waals surface area contributed by atoms with Crippen LogP contribution in [0.15, 0.2) is 35.3 Å². The number of hydrogen-bond donors (Lipinski definition) is 1. The molecular formula is C19H31IN4S. The van der Waals surface area contributed by atoms with Crippen LogP contribution in [0.2, 0.25) is 0 Å². The van der Waals surface area contributed by atoms with E-state index in [9.17, 15) is 0 Å². The molecule has 1 aromatic carbocycles. The Morgan fingerprint density at radius 1 is 1.16 bits per heavy atom. The average molecular weight is 474 g/mol. The Morgan fingerprint density at radius 3 is 2.44 bits per heavy atom. The summed E-state index contributed by atoms with van der Waals surface area (Å²) in [7, 11) is 0. The van der Waals surface area contributed by atoms with Crippen LogP contribution in [0.1, 0.15) is 31.4 Å². The zero-order chi connectivity index (χ0) is 16.8. The van der Waals surface area contributed by atoms with Crippen molar-refractivity contribution in [3.05, 3.63) is 35.9 Å². The lowest BCUT2D eigenvalue weighted by molar-refractivity contribution is 0.141. The fourth-order valence-electron chi connectivity index (χ4n) is 3.52. The summed E-state index contributed by atoms with van der Waals surface area (Å²) in [4.78, 5) is 9.62. The van der Waals surface area contributed by atoms with Gasteiger partial charge in [-0.15, -0.1) is 24.0 Å². The molecule has 0 amide bonds. The van der Waals surface area contributed by atoms with Crippen LogP contribution < -0.4 is 5.73 Å². The molecule has 3 rings (SSSR count). The SMILES string of the molecule is CC1CCN(C(CN=C(N)N2CCSCC2)c2ccccc2)CC1.I. The van der Waals surface area contributed by atoms with Crippen molar-refractivity contribution >= 4 is 41.7 Å². The quantitative estimate of drug-likeness (QED) is 0.413. The highest BCUT2D eigenvalue weighted by Crippen LogP contribution is 2.27. The Bertz CT molecular complexity index is 525. The Hall–Kier alpha value is -0.470. The van der Waals surface area contributed by atoms with Gasteiger partial charge in [-0.25, -0.2) is 0 Å². The molecule has 2 saturated heterocycles. The smallest absolute Gasteiger partial charge is 0.191 e. The first kappa shape index (κ1) is 20.8. The van der Waals surface area contributed by atoms with Crippen LogP contribution in [0.3, 0.4) is 0 Å². The lowest BCUT2D eigenvalue weighted by Crippen LogP contribution is -2.43. The molecule has 0 aliphatic carbocycles. The summed E-state index contributed by atoms with van der Waals surface area (Å²) in [5, 5.41) is 0. The number of benzene rings is 1. The second kappa shape index (κ2) is 10.6. The van der Waals surface area contributed by atoms with Crippen molar-refractivity contribution in [2.75, 3.05) is 44.2 Å². The van der Waals surface area contributed by atoms with Gasteiger partial charge >= 0.3 is 0 Å². The summed E-state index contributed by atoms with van der Waals surface area (Å²) in [6, 6.07) is 11.1. The van der Waals surface area contributed by atoms with Gasteiger partial charge in [-0.2, -0.15) is 11.8 Å². The van der Waals surface area contributed by atoms with Gasteiger partial charge in [-0.1, -0.05) is 37.3 Å². The Balaban J connectivity index is 0.00000225. The summed E-state index contributed by atoms with van der Waals surface area (Å²) < 4.78 is 0. The Morgan fingerprint density at radius 2 is 1.80 bits per heavy atom. The van der Waals surface area contributed by atoms with E-state index >= 15 is 0 Å². The van der Waals surface area contributed by atoms with Crippen LogP contribution in [-0.4, -0.2) is 60.0 Å². The Kier molecular flexibility index (Phi) is 8.85. The number of nitrogens with two attached hydrogens (primary N) is 1. The lowest BCUT2D eigenvalue weighted by Gasteiger charge is -2.36. The van der Waals surface area contributed by atoms with Crippen molar-refractivity contribution in [1.82, 2.24) is 9.80 Å².